The molecule has 0 radical (unpaired) electrons. The van der Waals surface area contributed by atoms with Gasteiger partial charge in [-0.15, -0.1) is 0 Å². The predicted octanol–water partition coefficient (Wildman–Crippen LogP) is 4.66. The number of anilines is 1. The van der Waals surface area contributed by atoms with Gasteiger partial charge in [0.15, 0.2) is 0 Å². The highest BCUT2D eigenvalue weighted by molar-refractivity contribution is 5.92. The average Bonchev–Trinajstić information content (AvgIpc) is 3.70. The van der Waals surface area contributed by atoms with E-state index in [1.165, 1.54) is 25.7 Å². The Balaban J connectivity index is 1.47. The fourth-order valence-electron chi connectivity index (χ4n) is 6.00. The number of hydrogen-bond acceptors (Lipinski definition) is 4. The molecule has 2 heterocycles. The molecule has 2 unspecified atom stereocenters. The van der Waals surface area contributed by atoms with Gasteiger partial charge in [-0.3, -0.25) is 14.5 Å². The third-order valence-corrected chi connectivity index (χ3v) is 8.19. The van der Waals surface area contributed by atoms with Crippen LogP contribution in [0.5, 0.6) is 5.75 Å². The van der Waals surface area contributed by atoms with Crippen LogP contribution < -0.4 is 9.64 Å². The van der Waals surface area contributed by atoms with Crippen LogP contribution in [0.3, 0.4) is 0 Å². The topological polar surface area (TPSA) is 53.1 Å². The van der Waals surface area contributed by atoms with Gasteiger partial charge in [-0.1, -0.05) is 36.8 Å². The number of carbonyl (C=O) groups excluding carboxylic acids is 2. The van der Waals surface area contributed by atoms with E-state index >= 15 is 0 Å². The van der Waals surface area contributed by atoms with Crippen LogP contribution in [0.25, 0.3) is 0 Å². The molecule has 36 heavy (non-hydrogen) atoms. The Hall–Kier alpha value is -2.86. The molecule has 0 aromatic heterocycles. The number of benzene rings is 2. The van der Waals surface area contributed by atoms with E-state index in [2.05, 4.69) is 15.9 Å². The normalized spacial score (nSPS) is 22.9. The van der Waals surface area contributed by atoms with Crippen molar-refractivity contribution in [1.82, 2.24) is 9.80 Å². The van der Waals surface area contributed by atoms with E-state index in [0.29, 0.717) is 25.0 Å². The molecular weight excluding hydrogens is 450 g/mol. The summed E-state index contributed by atoms with van der Waals surface area (Å²) in [4.78, 5) is 33.3. The minimum Gasteiger partial charge on any atom is -0.497 e. The van der Waals surface area contributed by atoms with Crippen molar-refractivity contribution in [3.63, 3.8) is 0 Å². The number of carbonyl (C=O) groups is 2. The summed E-state index contributed by atoms with van der Waals surface area (Å²) < 4.78 is 5.29. The van der Waals surface area contributed by atoms with Gasteiger partial charge in [0.05, 0.1) is 13.5 Å². The molecule has 1 saturated carbocycles. The molecule has 0 spiro atoms. The van der Waals surface area contributed by atoms with Crippen molar-refractivity contribution in [2.24, 2.45) is 5.92 Å². The lowest BCUT2D eigenvalue weighted by Gasteiger charge is -2.44. The first-order valence-electron chi connectivity index (χ1n) is 13.5. The van der Waals surface area contributed by atoms with Crippen LogP contribution in [0.1, 0.15) is 56.6 Å². The SMILES string of the molecule is COc1ccc(CC(=O)N2Cc3ccccc3N(C(C)=O)CCC3CCCC(C2)N3CC2CC2)cc1. The third-order valence-electron chi connectivity index (χ3n) is 8.19. The van der Waals surface area contributed by atoms with Gasteiger partial charge in [0.25, 0.3) is 0 Å². The van der Waals surface area contributed by atoms with Gasteiger partial charge in [0.1, 0.15) is 5.75 Å². The zero-order chi connectivity index (χ0) is 25.1. The van der Waals surface area contributed by atoms with Crippen molar-refractivity contribution < 1.29 is 14.3 Å². The Morgan fingerprint density at radius 1 is 0.944 bits per heavy atom. The minimum absolute atomic E-state index is 0.0684. The second-order valence-corrected chi connectivity index (χ2v) is 10.8. The number of nitrogens with zero attached hydrogens (tertiary/aromatic N) is 3. The maximum Gasteiger partial charge on any atom is 0.227 e. The van der Waals surface area contributed by atoms with Gasteiger partial charge in [-0.2, -0.15) is 0 Å². The fraction of sp³-hybridized carbons (Fsp3) is 0.533. The van der Waals surface area contributed by atoms with Crippen molar-refractivity contribution in [3.8, 4) is 5.75 Å². The Morgan fingerprint density at radius 2 is 1.69 bits per heavy atom. The van der Waals surface area contributed by atoms with Crippen molar-refractivity contribution in [3.05, 3.63) is 59.7 Å². The van der Waals surface area contributed by atoms with E-state index in [-0.39, 0.29) is 11.8 Å². The summed E-state index contributed by atoms with van der Waals surface area (Å²) in [5.74, 6) is 1.79. The van der Waals surface area contributed by atoms with E-state index in [0.717, 1.165) is 61.0 Å². The highest BCUT2D eigenvalue weighted by Gasteiger charge is 2.37. The summed E-state index contributed by atoms with van der Waals surface area (Å²) >= 11 is 0. The van der Waals surface area contributed by atoms with Crippen LogP contribution in [0.15, 0.2) is 48.5 Å². The Kier molecular flexibility index (Phi) is 7.61. The first-order chi connectivity index (χ1) is 17.5. The van der Waals surface area contributed by atoms with Gasteiger partial charge >= 0.3 is 0 Å². The Bertz CT molecular complexity index is 1070. The number of piperidine rings is 1. The van der Waals surface area contributed by atoms with Crippen molar-refractivity contribution in [2.75, 3.05) is 31.6 Å². The van der Waals surface area contributed by atoms with Gasteiger partial charge in [-0.05, 0) is 67.3 Å². The lowest BCUT2D eigenvalue weighted by atomic mass is 9.92. The van der Waals surface area contributed by atoms with E-state index in [1.807, 2.05) is 47.4 Å². The molecule has 1 saturated heterocycles. The van der Waals surface area contributed by atoms with Gasteiger partial charge in [-0.25, -0.2) is 0 Å². The molecule has 192 valence electrons. The van der Waals surface area contributed by atoms with Crippen molar-refractivity contribution in [2.45, 2.75) is 70.5 Å². The zero-order valence-electron chi connectivity index (χ0n) is 21.7. The summed E-state index contributed by atoms with van der Waals surface area (Å²) in [7, 11) is 1.65. The minimum atomic E-state index is 0.0684. The second-order valence-electron chi connectivity index (χ2n) is 10.8. The average molecular weight is 490 g/mol. The molecule has 3 aliphatic rings. The molecule has 2 fully saturated rings. The van der Waals surface area contributed by atoms with Crippen LogP contribution in [0.4, 0.5) is 5.69 Å². The molecule has 6 heteroatoms. The van der Waals surface area contributed by atoms with E-state index < -0.39 is 0 Å². The summed E-state index contributed by atoms with van der Waals surface area (Å²) in [5.41, 5.74) is 2.98. The molecule has 1 aliphatic carbocycles. The van der Waals surface area contributed by atoms with Crippen LogP contribution in [0, 0.1) is 5.92 Å². The smallest absolute Gasteiger partial charge is 0.227 e. The maximum atomic E-state index is 13.8. The van der Waals surface area contributed by atoms with E-state index in [9.17, 15) is 9.59 Å². The molecule has 6 nitrogen and oxygen atoms in total. The van der Waals surface area contributed by atoms with Gasteiger partial charge in [0.2, 0.25) is 11.8 Å². The van der Waals surface area contributed by atoms with Crippen LogP contribution in [-0.2, 0) is 22.6 Å². The second kappa shape index (κ2) is 11.0. The van der Waals surface area contributed by atoms with Crippen LogP contribution in [0.2, 0.25) is 0 Å². The summed E-state index contributed by atoms with van der Waals surface area (Å²) in [6.07, 6.45) is 7.48. The lowest BCUT2D eigenvalue weighted by Crippen LogP contribution is -2.53. The molecular formula is C30H39N3O3. The predicted molar refractivity (Wildman–Crippen MR) is 142 cm³/mol. The molecule has 5 rings (SSSR count). The standard InChI is InChI=1S/C30H39N3O3/c1-22(34)32-17-16-26-7-5-8-27(33(26)19-24-10-11-24)21-31(20-25-6-3-4-9-29(25)32)30(35)18-23-12-14-28(36-2)15-13-23/h3-4,6,9,12-15,24,26-27H,5,7-8,10-11,16-21H2,1-2H3. The Labute approximate surface area is 215 Å². The molecule has 2 aromatic carbocycles. The largest absolute Gasteiger partial charge is 0.497 e. The third kappa shape index (κ3) is 5.75. The van der Waals surface area contributed by atoms with Crippen molar-refractivity contribution >= 4 is 17.5 Å². The fourth-order valence-corrected chi connectivity index (χ4v) is 6.00. The number of para-hydroxylation sites is 1. The number of amides is 2. The highest BCUT2D eigenvalue weighted by Crippen LogP contribution is 2.36. The summed E-state index contributed by atoms with van der Waals surface area (Å²) in [6.45, 7) is 4.78. The first-order valence-corrected chi connectivity index (χ1v) is 13.5. The zero-order valence-corrected chi connectivity index (χ0v) is 21.7. The van der Waals surface area contributed by atoms with Gasteiger partial charge in [0, 0.05) is 50.9 Å². The summed E-state index contributed by atoms with van der Waals surface area (Å²) in [5, 5.41) is 0. The van der Waals surface area contributed by atoms with Crippen molar-refractivity contribution in [1.29, 1.82) is 0 Å². The molecule has 2 aliphatic heterocycles. The van der Waals surface area contributed by atoms with E-state index in [1.54, 1.807) is 14.0 Å². The number of hydrogen-bond donors (Lipinski definition) is 0. The maximum absolute atomic E-state index is 13.8. The Morgan fingerprint density at radius 3 is 2.42 bits per heavy atom. The first kappa shape index (κ1) is 24.8. The molecule has 2 bridgehead atoms. The van der Waals surface area contributed by atoms with Gasteiger partial charge < -0.3 is 14.5 Å². The van der Waals surface area contributed by atoms with Crippen LogP contribution in [-0.4, -0.2) is 60.4 Å². The number of rotatable bonds is 5. The monoisotopic (exact) mass is 489 g/mol. The lowest BCUT2D eigenvalue weighted by molar-refractivity contribution is -0.132. The molecule has 2 amide bonds. The molecule has 2 atom stereocenters. The summed E-state index contributed by atoms with van der Waals surface area (Å²) in [6, 6.07) is 16.7. The molecule has 0 N–H and O–H groups in total. The number of methoxy groups -OCH3 is 1. The molecule has 2 aromatic rings. The van der Waals surface area contributed by atoms with Crippen LogP contribution >= 0.6 is 0 Å². The highest BCUT2D eigenvalue weighted by atomic mass is 16.5. The number of ether oxygens (including phenoxy) is 1. The number of fused-ring (bicyclic) bond motifs is 3. The quantitative estimate of drug-likeness (QED) is 0.613. The van der Waals surface area contributed by atoms with E-state index in [4.69, 9.17) is 4.74 Å².